The molecule has 3 aromatic carbocycles. The summed E-state index contributed by atoms with van der Waals surface area (Å²) in [6.45, 7) is 0. The third-order valence-electron chi connectivity index (χ3n) is 6.28. The zero-order valence-electron chi connectivity index (χ0n) is 18.4. The van der Waals surface area contributed by atoms with Gasteiger partial charge in [0, 0.05) is 47.1 Å². The third-order valence-corrected chi connectivity index (χ3v) is 6.28. The Morgan fingerprint density at radius 1 is 0.971 bits per heavy atom. The average molecular weight is 450 g/mol. The number of nitrogens with two attached hydrogens (primary N) is 1. The second-order valence-corrected chi connectivity index (χ2v) is 8.29. The Kier molecular flexibility index (Phi) is 5.55. The number of ketones is 1. The summed E-state index contributed by atoms with van der Waals surface area (Å²) in [6, 6.07) is 17.5. The molecule has 1 amide bonds. The zero-order chi connectivity index (χ0) is 23.7. The van der Waals surface area contributed by atoms with E-state index < -0.39 is 5.91 Å². The molecule has 3 aliphatic rings. The highest BCUT2D eigenvalue weighted by Gasteiger charge is 2.20. The number of benzene rings is 3. The number of hydrogen-bond donors (Lipinski definition) is 3. The Labute approximate surface area is 195 Å². The van der Waals surface area contributed by atoms with Gasteiger partial charge in [-0.1, -0.05) is 42.5 Å². The quantitative estimate of drug-likeness (QED) is 0.531. The van der Waals surface area contributed by atoms with Crippen LogP contribution < -0.4 is 21.5 Å². The number of rotatable bonds is 1. The van der Waals surface area contributed by atoms with Gasteiger partial charge in [-0.05, 0) is 57.8 Å². The first-order valence-corrected chi connectivity index (χ1v) is 11.1. The van der Waals surface area contributed by atoms with Gasteiger partial charge in [0.15, 0.2) is 11.5 Å². The van der Waals surface area contributed by atoms with E-state index in [1.807, 2.05) is 18.2 Å². The summed E-state index contributed by atoms with van der Waals surface area (Å²) < 4.78 is 0. The molecule has 0 aromatic heterocycles. The molecule has 6 nitrogen and oxygen atoms in total. The predicted molar refractivity (Wildman–Crippen MR) is 133 cm³/mol. The molecule has 0 saturated carbocycles. The number of nitrogens with zero attached hydrogens (tertiary/aromatic N) is 1. The molecule has 0 saturated heterocycles. The van der Waals surface area contributed by atoms with Crippen molar-refractivity contribution in [1.82, 2.24) is 0 Å². The van der Waals surface area contributed by atoms with Crippen LogP contribution in [0.5, 0.6) is 0 Å². The van der Waals surface area contributed by atoms with Crippen molar-refractivity contribution in [3.63, 3.8) is 0 Å². The molecule has 2 aliphatic carbocycles. The standard InChI is InChI=1S/C18H14O2.C10H9N3O/c19-17-10-9-15-14-6-5-11-3-1-2-4-12(11)13(14)7-8-16(15)18(17)20;11-10(14)7-1-2-9-8(5-7)6-12-3-4-13-9/h1-5,7-8,20H,6,9-10H2;1-6,13H,(H2,11,14). The molecule has 0 bridgehead atoms. The Bertz CT molecular complexity index is 1620. The maximum absolute atomic E-state index is 11.6. The number of carbonyl (C=O) groups is 2. The van der Waals surface area contributed by atoms with Crippen LogP contribution in [0.1, 0.15) is 33.5 Å². The van der Waals surface area contributed by atoms with Gasteiger partial charge in [0.2, 0.25) is 5.91 Å². The van der Waals surface area contributed by atoms with Crippen LogP contribution in [0.3, 0.4) is 0 Å². The average Bonchev–Trinajstić information content (AvgIpc) is 3.11. The fourth-order valence-electron chi connectivity index (χ4n) is 4.57. The number of aliphatic hydroxyl groups is 1. The summed E-state index contributed by atoms with van der Waals surface area (Å²) in [7, 11) is 0. The molecule has 0 spiro atoms. The van der Waals surface area contributed by atoms with Crippen molar-refractivity contribution < 1.29 is 14.7 Å². The smallest absolute Gasteiger partial charge is 0.248 e. The minimum Gasteiger partial charge on any atom is -0.504 e. The molecule has 0 atom stereocenters. The molecule has 6 heteroatoms. The number of amides is 1. The van der Waals surface area contributed by atoms with E-state index in [-0.39, 0.29) is 11.5 Å². The summed E-state index contributed by atoms with van der Waals surface area (Å²) in [5, 5.41) is 17.5. The molecule has 168 valence electrons. The number of aliphatic imine (C=N–C) groups is 1. The van der Waals surface area contributed by atoms with Crippen LogP contribution >= 0.6 is 0 Å². The lowest BCUT2D eigenvalue weighted by molar-refractivity contribution is -0.115. The van der Waals surface area contributed by atoms with Gasteiger partial charge in [-0.2, -0.15) is 0 Å². The highest BCUT2D eigenvalue weighted by Crippen LogP contribution is 2.19. The number of aliphatic hydroxyl groups excluding tert-OH is 1. The summed E-state index contributed by atoms with van der Waals surface area (Å²) in [4.78, 5) is 26.5. The van der Waals surface area contributed by atoms with Crippen LogP contribution in [0.25, 0.3) is 11.8 Å². The monoisotopic (exact) mass is 449 g/mol. The normalized spacial score (nSPS) is 14.7. The van der Waals surface area contributed by atoms with Gasteiger partial charge < -0.3 is 16.2 Å². The van der Waals surface area contributed by atoms with Crippen LogP contribution in [-0.2, 0) is 17.6 Å². The molecule has 1 heterocycles. The van der Waals surface area contributed by atoms with Crippen LogP contribution in [-0.4, -0.2) is 23.0 Å². The van der Waals surface area contributed by atoms with E-state index in [0.29, 0.717) is 12.0 Å². The first-order valence-electron chi connectivity index (χ1n) is 11.1. The van der Waals surface area contributed by atoms with Crippen molar-refractivity contribution in [3.8, 4) is 0 Å². The van der Waals surface area contributed by atoms with Gasteiger partial charge in [-0.3, -0.25) is 14.6 Å². The maximum Gasteiger partial charge on any atom is 0.248 e. The molecule has 0 radical (unpaired) electrons. The van der Waals surface area contributed by atoms with Gasteiger partial charge in [0.05, 0.1) is 0 Å². The maximum atomic E-state index is 11.6. The van der Waals surface area contributed by atoms with Crippen molar-refractivity contribution >= 4 is 35.4 Å². The van der Waals surface area contributed by atoms with Crippen molar-refractivity contribution in [3.05, 3.63) is 110 Å². The number of Topliss-reactive ketones (excluding diaryl/α,β-unsaturated/α-hetero) is 1. The predicted octanol–water partition coefficient (Wildman–Crippen LogP) is 2.59. The van der Waals surface area contributed by atoms with E-state index in [0.717, 1.165) is 34.9 Å². The van der Waals surface area contributed by atoms with Crippen LogP contribution in [0.4, 0.5) is 5.69 Å². The number of carbonyl (C=O) groups excluding carboxylic acids is 2. The van der Waals surface area contributed by atoms with Gasteiger partial charge >= 0.3 is 0 Å². The van der Waals surface area contributed by atoms with Crippen molar-refractivity contribution in [2.45, 2.75) is 19.3 Å². The zero-order valence-corrected chi connectivity index (χ0v) is 18.4. The number of nitrogens with one attached hydrogen (secondary N) is 1. The molecule has 34 heavy (non-hydrogen) atoms. The van der Waals surface area contributed by atoms with E-state index in [1.54, 1.807) is 36.8 Å². The van der Waals surface area contributed by atoms with Crippen LogP contribution in [0, 0.1) is 10.4 Å². The number of fused-ring (bicyclic) bond motifs is 5. The molecule has 0 fully saturated rings. The Morgan fingerprint density at radius 3 is 2.65 bits per heavy atom. The van der Waals surface area contributed by atoms with E-state index >= 15 is 0 Å². The lowest BCUT2D eigenvalue weighted by Crippen LogP contribution is -2.27. The SMILES string of the molecule is NC(=O)c1ccc2c(c1)C=NC=CN2.O=C1CCc2c3c(ccc2=C1O)=c1ccccc1=CC3. The number of primary amides is 1. The summed E-state index contributed by atoms with van der Waals surface area (Å²) in [5.74, 6) is -0.635. The van der Waals surface area contributed by atoms with Crippen molar-refractivity contribution in [2.24, 2.45) is 10.7 Å². The molecular weight excluding hydrogens is 426 g/mol. The van der Waals surface area contributed by atoms with E-state index in [1.165, 1.54) is 21.2 Å². The molecular formula is C28H23N3O3. The Morgan fingerprint density at radius 2 is 1.79 bits per heavy atom. The lowest BCUT2D eigenvalue weighted by atomic mass is 9.88. The van der Waals surface area contributed by atoms with Crippen molar-refractivity contribution in [2.75, 3.05) is 5.32 Å². The highest BCUT2D eigenvalue weighted by atomic mass is 16.3. The second kappa shape index (κ2) is 8.83. The highest BCUT2D eigenvalue weighted by molar-refractivity contribution is 6.12. The number of anilines is 1. The topological polar surface area (TPSA) is 105 Å². The van der Waals surface area contributed by atoms with Crippen molar-refractivity contribution in [1.29, 1.82) is 0 Å². The van der Waals surface area contributed by atoms with Gasteiger partial charge in [-0.25, -0.2) is 0 Å². The molecule has 4 N–H and O–H groups in total. The summed E-state index contributed by atoms with van der Waals surface area (Å²) >= 11 is 0. The fraction of sp³-hybridized carbons (Fsp3) is 0.107. The van der Waals surface area contributed by atoms with E-state index in [9.17, 15) is 14.7 Å². The Hall–Kier alpha value is -4.45. The lowest BCUT2D eigenvalue weighted by Gasteiger charge is -2.17. The first-order chi connectivity index (χ1) is 16.5. The minimum atomic E-state index is -0.432. The first kappa shape index (κ1) is 21.4. The molecule has 6 rings (SSSR count). The van der Waals surface area contributed by atoms with Gasteiger partial charge in [0.1, 0.15) is 0 Å². The third kappa shape index (κ3) is 3.90. The molecule has 3 aromatic rings. The fourth-order valence-corrected chi connectivity index (χ4v) is 4.57. The minimum absolute atomic E-state index is 0.0621. The summed E-state index contributed by atoms with van der Waals surface area (Å²) in [5.41, 5.74) is 9.82. The van der Waals surface area contributed by atoms with Crippen LogP contribution in [0.2, 0.25) is 0 Å². The largest absolute Gasteiger partial charge is 0.504 e. The van der Waals surface area contributed by atoms with E-state index in [4.69, 9.17) is 5.73 Å². The summed E-state index contributed by atoms with van der Waals surface area (Å²) in [6.07, 6.45) is 9.30. The molecule has 0 unspecified atom stereocenters. The van der Waals surface area contributed by atoms with E-state index in [2.05, 4.69) is 34.6 Å². The molecule has 1 aliphatic heterocycles. The Balaban J connectivity index is 0.000000152. The number of hydrogen-bond acceptors (Lipinski definition) is 5. The van der Waals surface area contributed by atoms with Gasteiger partial charge in [-0.15, -0.1) is 0 Å². The van der Waals surface area contributed by atoms with Gasteiger partial charge in [0.25, 0.3) is 0 Å². The second-order valence-electron chi connectivity index (χ2n) is 8.29. The van der Waals surface area contributed by atoms with Crippen LogP contribution in [0.15, 0.2) is 72.0 Å².